The maximum absolute atomic E-state index is 11.4. The highest BCUT2D eigenvalue weighted by atomic mass is 16.1. The highest BCUT2D eigenvalue weighted by molar-refractivity contribution is 5.83. The van der Waals surface area contributed by atoms with Crippen molar-refractivity contribution in [1.29, 1.82) is 0 Å². The predicted octanol–water partition coefficient (Wildman–Crippen LogP) is 0.998. The molecule has 1 amide bonds. The minimum absolute atomic E-state index is 0.288. The largest absolute Gasteiger partial charge is 0.369 e. The molecule has 0 bridgehead atoms. The Balaban J connectivity index is 1.94. The van der Waals surface area contributed by atoms with Crippen LogP contribution in [0.25, 0.3) is 0 Å². The van der Waals surface area contributed by atoms with Crippen molar-refractivity contribution >= 4 is 11.9 Å². The van der Waals surface area contributed by atoms with Gasteiger partial charge in [0.15, 0.2) is 5.96 Å². The van der Waals surface area contributed by atoms with Gasteiger partial charge in [-0.1, -0.05) is 0 Å². The summed E-state index contributed by atoms with van der Waals surface area (Å²) >= 11 is 0. The first-order chi connectivity index (χ1) is 11.2. The van der Waals surface area contributed by atoms with Crippen molar-refractivity contribution in [3.8, 4) is 0 Å². The number of rotatable bonds is 5. The van der Waals surface area contributed by atoms with Crippen LogP contribution in [0.2, 0.25) is 0 Å². The van der Waals surface area contributed by atoms with Crippen LogP contribution in [0.15, 0.2) is 11.2 Å². The van der Waals surface area contributed by atoms with Crippen LogP contribution in [-0.4, -0.2) is 41.3 Å². The summed E-state index contributed by atoms with van der Waals surface area (Å²) in [5.74, 6) is 0.369. The molecule has 7 heteroatoms. The Morgan fingerprint density at radius 1 is 1.54 bits per heavy atom. The zero-order chi connectivity index (χ0) is 17.9. The van der Waals surface area contributed by atoms with Gasteiger partial charge in [-0.2, -0.15) is 5.10 Å². The van der Waals surface area contributed by atoms with Gasteiger partial charge in [-0.25, -0.2) is 0 Å². The molecule has 7 nitrogen and oxygen atoms in total. The van der Waals surface area contributed by atoms with Crippen LogP contribution >= 0.6 is 0 Å². The SMILES string of the molecule is CN=C(NCC(C)(C)C(N)=O)NC1CCc2cn(C(C)C)nc2C1. The lowest BCUT2D eigenvalue weighted by molar-refractivity contribution is -0.125. The van der Waals surface area contributed by atoms with E-state index >= 15 is 0 Å². The second kappa shape index (κ2) is 7.23. The van der Waals surface area contributed by atoms with E-state index in [-0.39, 0.29) is 11.9 Å². The van der Waals surface area contributed by atoms with E-state index in [9.17, 15) is 4.79 Å². The third-order valence-electron chi connectivity index (χ3n) is 4.56. The summed E-state index contributed by atoms with van der Waals surface area (Å²) < 4.78 is 2.04. The molecule has 1 aliphatic carbocycles. The highest BCUT2D eigenvalue weighted by Crippen LogP contribution is 2.21. The molecule has 1 heterocycles. The van der Waals surface area contributed by atoms with Crippen LogP contribution in [-0.2, 0) is 17.6 Å². The fraction of sp³-hybridized carbons (Fsp3) is 0.706. The number of nitrogens with zero attached hydrogens (tertiary/aromatic N) is 3. The Labute approximate surface area is 144 Å². The summed E-state index contributed by atoms with van der Waals surface area (Å²) in [7, 11) is 1.73. The van der Waals surface area contributed by atoms with E-state index in [4.69, 9.17) is 10.8 Å². The first kappa shape index (κ1) is 18.3. The van der Waals surface area contributed by atoms with Gasteiger partial charge in [0.1, 0.15) is 0 Å². The molecule has 4 N–H and O–H groups in total. The summed E-state index contributed by atoms with van der Waals surface area (Å²) in [5.41, 5.74) is 7.31. The number of primary amides is 1. The number of fused-ring (bicyclic) bond motifs is 1. The predicted molar refractivity (Wildman–Crippen MR) is 95.9 cm³/mol. The van der Waals surface area contributed by atoms with Crippen molar-refractivity contribution in [2.24, 2.45) is 16.1 Å². The van der Waals surface area contributed by atoms with Gasteiger partial charge in [-0.05, 0) is 46.1 Å². The number of aromatic nitrogens is 2. The molecule has 24 heavy (non-hydrogen) atoms. The number of carbonyl (C=O) groups is 1. The van der Waals surface area contributed by atoms with Gasteiger partial charge in [-0.15, -0.1) is 0 Å². The molecule has 0 saturated carbocycles. The average Bonchev–Trinajstić information content (AvgIpc) is 2.94. The highest BCUT2D eigenvalue weighted by Gasteiger charge is 2.26. The molecule has 134 valence electrons. The van der Waals surface area contributed by atoms with Crippen LogP contribution < -0.4 is 16.4 Å². The maximum atomic E-state index is 11.4. The van der Waals surface area contributed by atoms with Crippen LogP contribution in [0.4, 0.5) is 0 Å². The number of nitrogens with one attached hydrogen (secondary N) is 2. The molecule has 1 atom stereocenters. The van der Waals surface area contributed by atoms with Gasteiger partial charge in [0.05, 0.1) is 11.1 Å². The Bertz CT molecular complexity index is 617. The van der Waals surface area contributed by atoms with E-state index in [0.29, 0.717) is 18.5 Å². The van der Waals surface area contributed by atoms with Gasteiger partial charge >= 0.3 is 0 Å². The van der Waals surface area contributed by atoms with Crippen LogP contribution in [0.1, 0.15) is 51.4 Å². The van der Waals surface area contributed by atoms with Gasteiger partial charge in [0.25, 0.3) is 0 Å². The van der Waals surface area contributed by atoms with Crippen LogP contribution in [0.3, 0.4) is 0 Å². The van der Waals surface area contributed by atoms with Crippen molar-refractivity contribution in [1.82, 2.24) is 20.4 Å². The van der Waals surface area contributed by atoms with E-state index in [2.05, 4.69) is 35.7 Å². The second-order valence-corrected chi connectivity index (χ2v) is 7.43. The molecule has 1 aromatic heterocycles. The Morgan fingerprint density at radius 2 is 2.25 bits per heavy atom. The lowest BCUT2D eigenvalue weighted by atomic mass is 9.92. The molecule has 1 unspecified atom stereocenters. The smallest absolute Gasteiger partial charge is 0.224 e. The second-order valence-electron chi connectivity index (χ2n) is 7.43. The summed E-state index contributed by atoms with van der Waals surface area (Å²) in [4.78, 5) is 15.7. The number of guanidine groups is 1. The molecule has 0 radical (unpaired) electrons. The van der Waals surface area contributed by atoms with E-state index in [1.165, 1.54) is 11.3 Å². The van der Waals surface area contributed by atoms with Crippen LogP contribution in [0.5, 0.6) is 0 Å². The summed E-state index contributed by atoms with van der Waals surface area (Å²) in [6.45, 7) is 8.37. The van der Waals surface area contributed by atoms with Gasteiger partial charge in [-0.3, -0.25) is 14.5 Å². The summed E-state index contributed by atoms with van der Waals surface area (Å²) in [6.07, 6.45) is 5.10. The fourth-order valence-electron chi connectivity index (χ4n) is 2.68. The van der Waals surface area contributed by atoms with Gasteiger partial charge in [0.2, 0.25) is 5.91 Å². The minimum atomic E-state index is -0.618. The quantitative estimate of drug-likeness (QED) is 0.553. The van der Waals surface area contributed by atoms with Gasteiger partial charge < -0.3 is 16.4 Å². The molecular formula is C17H30N6O. The number of amides is 1. The summed E-state index contributed by atoms with van der Waals surface area (Å²) in [6, 6.07) is 0.670. The van der Waals surface area contributed by atoms with Crippen molar-refractivity contribution in [3.63, 3.8) is 0 Å². The lowest BCUT2D eigenvalue weighted by Gasteiger charge is -2.27. The Morgan fingerprint density at radius 3 is 2.83 bits per heavy atom. The van der Waals surface area contributed by atoms with Crippen molar-refractivity contribution in [2.75, 3.05) is 13.6 Å². The molecular weight excluding hydrogens is 304 g/mol. The number of hydrogen-bond acceptors (Lipinski definition) is 3. The van der Waals surface area contributed by atoms with Crippen molar-refractivity contribution in [2.45, 2.75) is 59.0 Å². The lowest BCUT2D eigenvalue weighted by Crippen LogP contribution is -2.50. The van der Waals surface area contributed by atoms with Crippen molar-refractivity contribution in [3.05, 3.63) is 17.5 Å². The summed E-state index contributed by atoms with van der Waals surface area (Å²) in [5, 5.41) is 11.3. The molecule has 0 aromatic carbocycles. The molecule has 0 spiro atoms. The number of nitrogens with two attached hydrogens (primary N) is 1. The monoisotopic (exact) mass is 334 g/mol. The molecule has 1 aliphatic rings. The van der Waals surface area contributed by atoms with Crippen molar-refractivity contribution < 1.29 is 4.79 Å². The molecule has 0 saturated heterocycles. The third-order valence-corrected chi connectivity index (χ3v) is 4.56. The van der Waals surface area contributed by atoms with Gasteiger partial charge in [0, 0.05) is 38.3 Å². The standard InChI is InChI=1S/C17H30N6O/c1-11(2)23-9-12-6-7-13(8-14(12)22-23)21-16(19-5)20-10-17(3,4)15(18)24/h9,11,13H,6-8,10H2,1-5H3,(H2,18,24)(H2,19,20,21). The number of hydrogen-bond donors (Lipinski definition) is 3. The molecule has 2 rings (SSSR count). The first-order valence-electron chi connectivity index (χ1n) is 8.57. The molecule has 0 fully saturated rings. The number of aliphatic imine (C=N–C) groups is 1. The zero-order valence-corrected chi connectivity index (χ0v) is 15.4. The Kier molecular flexibility index (Phi) is 5.51. The third kappa shape index (κ3) is 4.27. The van der Waals surface area contributed by atoms with Crippen LogP contribution in [0, 0.1) is 5.41 Å². The first-order valence-corrected chi connectivity index (χ1v) is 8.57. The van der Waals surface area contributed by atoms with E-state index < -0.39 is 5.41 Å². The molecule has 1 aromatic rings. The zero-order valence-electron chi connectivity index (χ0n) is 15.4. The molecule has 0 aliphatic heterocycles. The Hall–Kier alpha value is -2.05. The minimum Gasteiger partial charge on any atom is -0.369 e. The topological polar surface area (TPSA) is 97.3 Å². The normalized spacial score (nSPS) is 18.4. The number of carbonyl (C=O) groups excluding carboxylic acids is 1. The van der Waals surface area contributed by atoms with E-state index in [1.807, 2.05) is 18.5 Å². The number of aryl methyl sites for hydroxylation is 1. The van der Waals surface area contributed by atoms with E-state index in [1.54, 1.807) is 7.05 Å². The average molecular weight is 334 g/mol. The maximum Gasteiger partial charge on any atom is 0.224 e. The fourth-order valence-corrected chi connectivity index (χ4v) is 2.68. The van der Waals surface area contributed by atoms with E-state index in [0.717, 1.165) is 19.3 Å².